The van der Waals surface area contributed by atoms with Crippen molar-refractivity contribution in [3.63, 3.8) is 0 Å². The molecule has 26 heavy (non-hydrogen) atoms. The molecule has 2 heterocycles. The summed E-state index contributed by atoms with van der Waals surface area (Å²) in [6.07, 6.45) is -3.34. The molecule has 0 saturated carbocycles. The van der Waals surface area contributed by atoms with Crippen LogP contribution < -0.4 is 5.56 Å². The molecule has 2 aromatic carbocycles. The minimum Gasteiger partial charge on any atom is -0.285 e. The summed E-state index contributed by atoms with van der Waals surface area (Å²) in [5, 5.41) is 1.92. The molecule has 0 radical (unpaired) electrons. The van der Waals surface area contributed by atoms with Crippen molar-refractivity contribution in [3.8, 4) is 11.1 Å². The summed E-state index contributed by atoms with van der Waals surface area (Å²) in [5.74, 6) is 0. The first-order valence-corrected chi connectivity index (χ1v) is 7.69. The summed E-state index contributed by atoms with van der Waals surface area (Å²) in [4.78, 5) is 14.7. The van der Waals surface area contributed by atoms with Crippen molar-refractivity contribution in [2.24, 2.45) is 0 Å². The fraction of sp³-hybridized carbons (Fsp3) is 0.0526. The molecule has 0 amide bonds. The van der Waals surface area contributed by atoms with Crippen molar-refractivity contribution in [3.05, 3.63) is 95.0 Å². The zero-order valence-corrected chi connectivity index (χ0v) is 13.4. The third-order valence-electron chi connectivity index (χ3n) is 3.57. The summed E-state index contributed by atoms with van der Waals surface area (Å²) >= 11 is 0. The fourth-order valence-corrected chi connectivity index (χ4v) is 2.33. The first kappa shape index (κ1) is 17.5. The third kappa shape index (κ3) is 4.00. The number of nitrogens with zero attached hydrogens (tertiary/aromatic N) is 2. The molecule has 0 fully saturated rings. The molecule has 0 bridgehead atoms. The quantitative estimate of drug-likeness (QED) is 0.549. The molecule has 0 spiro atoms. The number of hydrogen-bond donors (Lipinski definition) is 1. The number of aromatic nitrogens is 3. The van der Waals surface area contributed by atoms with Crippen molar-refractivity contribution in [2.45, 2.75) is 6.18 Å². The Morgan fingerprint density at radius 2 is 1.38 bits per heavy atom. The smallest absolute Gasteiger partial charge is 0.285 e. The predicted molar refractivity (Wildman–Crippen MR) is 92.7 cm³/mol. The zero-order valence-electron chi connectivity index (χ0n) is 13.4. The van der Waals surface area contributed by atoms with Gasteiger partial charge in [-0.3, -0.25) is 9.89 Å². The van der Waals surface area contributed by atoms with Crippen LogP contribution in [0.1, 0.15) is 5.69 Å². The maximum Gasteiger partial charge on any atom is 0.432 e. The van der Waals surface area contributed by atoms with Gasteiger partial charge in [-0.2, -0.15) is 13.2 Å². The second-order valence-corrected chi connectivity index (χ2v) is 5.38. The molecule has 7 heteroatoms. The number of rotatable bonds is 1. The number of alkyl halides is 3. The molecule has 0 unspecified atom stereocenters. The molecule has 132 valence electrons. The van der Waals surface area contributed by atoms with Gasteiger partial charge in [0.15, 0.2) is 5.65 Å². The summed E-state index contributed by atoms with van der Waals surface area (Å²) in [6, 6.07) is 22.6. The Morgan fingerprint density at radius 1 is 0.846 bits per heavy atom. The molecule has 0 aliphatic heterocycles. The number of benzene rings is 2. The van der Waals surface area contributed by atoms with Gasteiger partial charge in [0.05, 0.1) is 0 Å². The Hall–Kier alpha value is -3.35. The Balaban J connectivity index is 0.000000152. The third-order valence-corrected chi connectivity index (χ3v) is 3.57. The Labute approximate surface area is 146 Å². The number of fused-ring (bicyclic) bond motifs is 1. The molecule has 0 aliphatic rings. The van der Waals surface area contributed by atoms with Gasteiger partial charge >= 0.3 is 6.18 Å². The highest BCUT2D eigenvalue weighted by atomic mass is 19.4. The van der Waals surface area contributed by atoms with E-state index in [0.717, 1.165) is 22.8 Å². The minimum absolute atomic E-state index is 0.0511. The molecule has 1 N–H and O–H groups in total. The van der Waals surface area contributed by atoms with E-state index in [9.17, 15) is 18.0 Å². The van der Waals surface area contributed by atoms with Crippen LogP contribution in [0.5, 0.6) is 0 Å². The van der Waals surface area contributed by atoms with E-state index in [2.05, 4.69) is 53.5 Å². The molecular formula is C19H14F3N3O. The number of aromatic amines is 1. The Morgan fingerprint density at radius 3 is 1.85 bits per heavy atom. The first-order valence-electron chi connectivity index (χ1n) is 7.69. The van der Waals surface area contributed by atoms with Gasteiger partial charge < -0.3 is 0 Å². The molecule has 4 rings (SSSR count). The van der Waals surface area contributed by atoms with Crippen LogP contribution in [-0.2, 0) is 6.18 Å². The number of H-pyrrole nitrogens is 1. The molecule has 0 saturated heterocycles. The second kappa shape index (κ2) is 7.26. The standard InChI is InChI=1S/C12H10.C7H4F3N3O/c1-3-7-11(8-4-1)12-9-5-2-6-10-12;8-7(9,10)4-3-5-11-2-1-6(14)13(5)12-4/h1-10H;1-3,12H. The normalized spacial score (nSPS) is 11.0. The van der Waals surface area contributed by atoms with Crippen LogP contribution in [0.25, 0.3) is 16.8 Å². The van der Waals surface area contributed by atoms with Crippen LogP contribution >= 0.6 is 0 Å². The summed E-state index contributed by atoms with van der Waals surface area (Å²) in [7, 11) is 0. The highest BCUT2D eigenvalue weighted by Crippen LogP contribution is 2.27. The lowest BCUT2D eigenvalue weighted by Gasteiger charge is -2.00. The van der Waals surface area contributed by atoms with E-state index in [1.165, 1.54) is 11.1 Å². The lowest BCUT2D eigenvalue weighted by molar-refractivity contribution is -0.141. The summed E-state index contributed by atoms with van der Waals surface area (Å²) in [5.41, 5.74) is 0.930. The van der Waals surface area contributed by atoms with Gasteiger partial charge in [0.1, 0.15) is 5.69 Å². The van der Waals surface area contributed by atoms with Crippen molar-refractivity contribution in [1.29, 1.82) is 0 Å². The van der Waals surface area contributed by atoms with Gasteiger partial charge in [-0.05, 0) is 11.1 Å². The Kier molecular flexibility index (Phi) is 4.88. The molecule has 4 nitrogen and oxygen atoms in total. The van der Waals surface area contributed by atoms with Gasteiger partial charge in [0, 0.05) is 18.3 Å². The van der Waals surface area contributed by atoms with Gasteiger partial charge in [0.2, 0.25) is 0 Å². The van der Waals surface area contributed by atoms with Gasteiger partial charge in [-0.1, -0.05) is 60.7 Å². The summed E-state index contributed by atoms with van der Waals surface area (Å²) in [6.45, 7) is 0. The van der Waals surface area contributed by atoms with E-state index in [4.69, 9.17) is 0 Å². The lowest BCUT2D eigenvalue weighted by atomic mass is 10.1. The molecule has 0 atom stereocenters. The topological polar surface area (TPSA) is 50.2 Å². The maximum atomic E-state index is 12.2. The molecule has 4 aromatic rings. The number of hydrogen-bond acceptors (Lipinski definition) is 2. The van der Waals surface area contributed by atoms with E-state index in [1.807, 2.05) is 17.2 Å². The molecule has 0 aliphatic carbocycles. The summed E-state index contributed by atoms with van der Waals surface area (Å²) < 4.78 is 37.3. The fourth-order valence-electron chi connectivity index (χ4n) is 2.33. The van der Waals surface area contributed by atoms with Gasteiger partial charge in [-0.25, -0.2) is 9.50 Å². The molecular weight excluding hydrogens is 343 g/mol. The van der Waals surface area contributed by atoms with Crippen molar-refractivity contribution >= 4 is 5.65 Å². The zero-order chi connectivity index (χ0) is 18.6. The van der Waals surface area contributed by atoms with Crippen LogP contribution in [0.4, 0.5) is 13.2 Å². The average Bonchev–Trinajstić information content (AvgIpc) is 3.10. The average molecular weight is 357 g/mol. The van der Waals surface area contributed by atoms with E-state index in [1.54, 1.807) is 0 Å². The van der Waals surface area contributed by atoms with Crippen molar-refractivity contribution in [2.75, 3.05) is 0 Å². The monoisotopic (exact) mass is 357 g/mol. The largest absolute Gasteiger partial charge is 0.432 e. The maximum absolute atomic E-state index is 12.2. The van der Waals surface area contributed by atoms with Gasteiger partial charge in [0.25, 0.3) is 5.56 Å². The van der Waals surface area contributed by atoms with E-state index < -0.39 is 17.4 Å². The van der Waals surface area contributed by atoms with Crippen LogP contribution in [0.2, 0.25) is 0 Å². The Bertz CT molecular complexity index is 1000. The SMILES string of the molecule is O=c1ccnc2cc(C(F)(F)F)[nH]n12.c1ccc(-c2ccccc2)cc1. The first-order chi connectivity index (χ1) is 12.4. The lowest BCUT2D eigenvalue weighted by Crippen LogP contribution is -2.14. The number of nitrogens with one attached hydrogen (secondary N) is 1. The predicted octanol–water partition coefficient (Wildman–Crippen LogP) is 4.40. The second-order valence-electron chi connectivity index (χ2n) is 5.38. The van der Waals surface area contributed by atoms with Crippen LogP contribution in [0.3, 0.4) is 0 Å². The van der Waals surface area contributed by atoms with Crippen LogP contribution in [-0.4, -0.2) is 14.6 Å². The number of halogens is 3. The highest BCUT2D eigenvalue weighted by molar-refractivity contribution is 5.62. The van der Waals surface area contributed by atoms with Crippen molar-refractivity contribution in [1.82, 2.24) is 14.6 Å². The minimum atomic E-state index is -4.50. The van der Waals surface area contributed by atoms with Crippen molar-refractivity contribution < 1.29 is 13.2 Å². The van der Waals surface area contributed by atoms with E-state index in [-0.39, 0.29) is 5.65 Å². The van der Waals surface area contributed by atoms with Gasteiger partial charge in [-0.15, -0.1) is 0 Å². The van der Waals surface area contributed by atoms with Crippen LogP contribution in [0, 0.1) is 0 Å². The molecule has 2 aromatic heterocycles. The van der Waals surface area contributed by atoms with E-state index >= 15 is 0 Å². The highest BCUT2D eigenvalue weighted by Gasteiger charge is 2.33. The van der Waals surface area contributed by atoms with E-state index in [0.29, 0.717) is 0 Å². The van der Waals surface area contributed by atoms with Crippen LogP contribution in [0.15, 0.2) is 83.8 Å².